The number of methoxy groups -OCH3 is 1. The fourth-order valence-electron chi connectivity index (χ4n) is 2.51. The molecule has 0 amide bonds. The van der Waals surface area contributed by atoms with Gasteiger partial charge in [0, 0.05) is 18.4 Å². The van der Waals surface area contributed by atoms with Crippen molar-refractivity contribution in [1.29, 1.82) is 0 Å². The molecule has 1 aromatic heterocycles. The van der Waals surface area contributed by atoms with Gasteiger partial charge in [0.2, 0.25) is 0 Å². The van der Waals surface area contributed by atoms with Gasteiger partial charge in [-0.05, 0) is 36.8 Å². The summed E-state index contributed by atoms with van der Waals surface area (Å²) in [5.41, 5.74) is 6.61. The zero-order valence-corrected chi connectivity index (χ0v) is 18.6. The molecule has 0 saturated heterocycles. The van der Waals surface area contributed by atoms with Crippen LogP contribution in [0.25, 0.3) is 17.1 Å². The van der Waals surface area contributed by atoms with E-state index in [1.807, 2.05) is 24.3 Å². The van der Waals surface area contributed by atoms with Crippen LogP contribution in [0.15, 0.2) is 54.9 Å². The van der Waals surface area contributed by atoms with E-state index in [-0.39, 0.29) is 5.75 Å². The summed E-state index contributed by atoms with van der Waals surface area (Å²) in [6.45, 7) is 2.43. The van der Waals surface area contributed by atoms with E-state index in [2.05, 4.69) is 43.8 Å². The third-order valence-corrected chi connectivity index (χ3v) is 3.72. The van der Waals surface area contributed by atoms with Crippen LogP contribution in [-0.2, 0) is 16.0 Å². The molecule has 1 atom stereocenters. The molecule has 1 heterocycles. The summed E-state index contributed by atoms with van der Waals surface area (Å²) >= 11 is 4.64. The number of carbonyl (C=O) groups is 1. The average Bonchev–Trinajstić information content (AvgIpc) is 3.25. The summed E-state index contributed by atoms with van der Waals surface area (Å²) in [5.74, 6) is 0.256. The van der Waals surface area contributed by atoms with Gasteiger partial charge in [-0.2, -0.15) is 0 Å². The highest BCUT2D eigenvalue weighted by molar-refractivity contribution is 6.15. The van der Waals surface area contributed by atoms with E-state index in [4.69, 9.17) is 4.79 Å². The summed E-state index contributed by atoms with van der Waals surface area (Å²) in [6, 6.07) is 13.7. The van der Waals surface area contributed by atoms with Crippen molar-refractivity contribution < 1.29 is 33.2 Å². The number of nitrogens with zero attached hydrogens (tertiary/aromatic N) is 3. The number of benzene rings is 2. The predicted octanol–water partition coefficient (Wildman–Crippen LogP) is 3.65. The van der Waals surface area contributed by atoms with Crippen LogP contribution in [-0.4, -0.2) is 47.1 Å². The normalized spacial score (nSPS) is 11.2. The quantitative estimate of drug-likeness (QED) is 0.435. The predicted molar refractivity (Wildman–Crippen MR) is 114 cm³/mol. The van der Waals surface area contributed by atoms with E-state index < -0.39 is 6.36 Å². The SMILES string of the molecule is CC([NH3+])Cc1ccc(-c2ncn(-c3ccc(OC(F)(F)F)cc3)n2)cc1.CCl.COC=O. The highest BCUT2D eigenvalue weighted by atomic mass is 35.5. The number of halogens is 4. The highest BCUT2D eigenvalue weighted by Gasteiger charge is 2.30. The molecule has 3 rings (SSSR count). The Morgan fingerprint density at radius 1 is 1.12 bits per heavy atom. The average molecular weight is 474 g/mol. The second kappa shape index (κ2) is 13.3. The van der Waals surface area contributed by atoms with Gasteiger partial charge >= 0.3 is 6.36 Å². The third kappa shape index (κ3) is 9.36. The second-order valence-corrected chi connectivity index (χ2v) is 6.39. The Morgan fingerprint density at radius 2 is 1.69 bits per heavy atom. The number of alkyl halides is 4. The maximum absolute atomic E-state index is 12.2. The van der Waals surface area contributed by atoms with Crippen LogP contribution in [0.3, 0.4) is 0 Å². The first-order valence-electron chi connectivity index (χ1n) is 9.26. The maximum Gasteiger partial charge on any atom is 0.573 e. The summed E-state index contributed by atoms with van der Waals surface area (Å²) in [5, 5.41) is 4.38. The molecule has 3 N–H and O–H groups in total. The van der Waals surface area contributed by atoms with Gasteiger partial charge in [-0.1, -0.05) is 24.3 Å². The lowest BCUT2D eigenvalue weighted by Gasteiger charge is -2.09. The van der Waals surface area contributed by atoms with Gasteiger partial charge in [-0.25, -0.2) is 9.67 Å². The first kappa shape index (κ1) is 26.9. The van der Waals surface area contributed by atoms with Crippen molar-refractivity contribution in [3.05, 3.63) is 60.4 Å². The van der Waals surface area contributed by atoms with Crippen LogP contribution in [0.2, 0.25) is 0 Å². The van der Waals surface area contributed by atoms with E-state index >= 15 is 0 Å². The summed E-state index contributed by atoms with van der Waals surface area (Å²) in [4.78, 5) is 13.2. The Hall–Kier alpha value is -3.11. The molecule has 1 unspecified atom stereocenters. The topological polar surface area (TPSA) is 93.9 Å². The van der Waals surface area contributed by atoms with Crippen molar-refractivity contribution in [2.45, 2.75) is 25.7 Å². The third-order valence-electron chi connectivity index (χ3n) is 3.72. The smallest absolute Gasteiger partial charge is 0.471 e. The van der Waals surface area contributed by atoms with Crippen molar-refractivity contribution in [2.24, 2.45) is 0 Å². The van der Waals surface area contributed by atoms with Crippen molar-refractivity contribution in [2.75, 3.05) is 13.5 Å². The van der Waals surface area contributed by atoms with E-state index in [0.717, 1.165) is 12.0 Å². The fourth-order valence-corrected chi connectivity index (χ4v) is 2.51. The van der Waals surface area contributed by atoms with Crippen molar-refractivity contribution in [3.8, 4) is 22.8 Å². The Balaban J connectivity index is 0.000000769. The lowest BCUT2D eigenvalue weighted by atomic mass is 10.1. The van der Waals surface area contributed by atoms with E-state index in [9.17, 15) is 13.2 Å². The van der Waals surface area contributed by atoms with Gasteiger partial charge in [0.05, 0.1) is 18.8 Å². The molecule has 0 aliphatic heterocycles. The molecule has 0 bridgehead atoms. The molecule has 0 aliphatic rings. The molecule has 3 aromatic rings. The van der Waals surface area contributed by atoms with Gasteiger partial charge in [-0.15, -0.1) is 29.9 Å². The van der Waals surface area contributed by atoms with Crippen LogP contribution < -0.4 is 10.5 Å². The summed E-state index contributed by atoms with van der Waals surface area (Å²) in [6.07, 6.45) is -0.824. The van der Waals surface area contributed by atoms with Crippen LogP contribution >= 0.6 is 11.6 Å². The molecule has 0 fully saturated rings. The van der Waals surface area contributed by atoms with Gasteiger partial charge in [-0.3, -0.25) is 4.79 Å². The van der Waals surface area contributed by atoms with Crippen molar-refractivity contribution in [3.63, 3.8) is 0 Å². The molecule has 7 nitrogen and oxygen atoms in total. The number of aromatic nitrogens is 3. The number of rotatable bonds is 6. The first-order chi connectivity index (χ1) is 15.2. The summed E-state index contributed by atoms with van der Waals surface area (Å²) < 4.78 is 45.8. The number of ether oxygens (including phenoxy) is 2. The van der Waals surface area contributed by atoms with Gasteiger partial charge in [0.15, 0.2) is 5.82 Å². The summed E-state index contributed by atoms with van der Waals surface area (Å²) in [7, 11) is 1.31. The number of hydrogen-bond donors (Lipinski definition) is 1. The van der Waals surface area contributed by atoms with Crippen LogP contribution in [0.1, 0.15) is 12.5 Å². The Bertz CT molecular complexity index is 931. The minimum atomic E-state index is -4.71. The number of hydrogen-bond acceptors (Lipinski definition) is 5. The zero-order valence-electron chi connectivity index (χ0n) is 17.8. The lowest BCUT2D eigenvalue weighted by Crippen LogP contribution is -2.60. The second-order valence-electron chi connectivity index (χ2n) is 6.39. The largest absolute Gasteiger partial charge is 0.573 e. The van der Waals surface area contributed by atoms with E-state index in [1.54, 1.807) is 0 Å². The van der Waals surface area contributed by atoms with Crippen LogP contribution in [0, 0.1) is 0 Å². The maximum atomic E-state index is 12.2. The van der Waals surface area contributed by atoms with E-state index in [0.29, 0.717) is 24.0 Å². The van der Waals surface area contributed by atoms with Gasteiger partial charge < -0.3 is 15.2 Å². The molecule has 0 radical (unpaired) electrons. The first-order valence-corrected chi connectivity index (χ1v) is 10.0. The Labute approximate surface area is 188 Å². The number of quaternary nitrogens is 1. The molecule has 0 aliphatic carbocycles. The monoisotopic (exact) mass is 473 g/mol. The van der Waals surface area contributed by atoms with Crippen LogP contribution in [0.4, 0.5) is 13.2 Å². The Kier molecular flexibility index (Phi) is 11.2. The standard InChI is InChI=1S/C18H17F3N4O.C2H4O2.CH3Cl/c1-12(22)10-13-2-4-14(5-3-13)17-23-11-25(24-17)15-6-8-16(9-7-15)26-18(19,20)21;1-4-2-3;1-2/h2-9,11-12H,10,22H2,1H3;2H,1H3;1H3/p+1. The minimum absolute atomic E-state index is 0.281. The van der Waals surface area contributed by atoms with Crippen LogP contribution in [0.5, 0.6) is 5.75 Å². The van der Waals surface area contributed by atoms with Gasteiger partial charge in [0.1, 0.15) is 12.1 Å². The van der Waals surface area contributed by atoms with Crippen molar-refractivity contribution in [1.82, 2.24) is 14.8 Å². The lowest BCUT2D eigenvalue weighted by molar-refractivity contribution is -0.413. The van der Waals surface area contributed by atoms with Gasteiger partial charge in [0.25, 0.3) is 6.47 Å². The molecule has 0 spiro atoms. The minimum Gasteiger partial charge on any atom is -0.471 e. The molecule has 11 heteroatoms. The Morgan fingerprint density at radius 3 is 2.16 bits per heavy atom. The van der Waals surface area contributed by atoms with Crippen molar-refractivity contribution >= 4 is 18.1 Å². The molecular formula is C21H25ClF3N4O3+. The van der Waals surface area contributed by atoms with E-state index in [1.165, 1.54) is 54.3 Å². The molecule has 32 heavy (non-hydrogen) atoms. The molecule has 174 valence electrons. The highest BCUT2D eigenvalue weighted by Crippen LogP contribution is 2.24. The molecular weight excluding hydrogens is 449 g/mol. The molecule has 0 saturated carbocycles. The number of carbonyl (C=O) groups excluding carboxylic acids is 1. The zero-order chi connectivity index (χ0) is 24.1. The molecule has 2 aromatic carbocycles. The fraction of sp³-hybridized carbons (Fsp3) is 0.286.